The van der Waals surface area contributed by atoms with E-state index in [2.05, 4.69) is 15.9 Å². The molecular weight excluding hydrogens is 220 g/mol. The molecule has 0 bridgehead atoms. The van der Waals surface area contributed by atoms with Crippen LogP contribution in [0, 0.1) is 6.92 Å². The number of carbonyl (C=O) groups is 1. The Hall–Kier alpha value is -0.830. The molecule has 0 aliphatic carbocycles. The lowest BCUT2D eigenvalue weighted by Gasteiger charge is -2.05. The van der Waals surface area contributed by atoms with Gasteiger partial charge in [-0.1, -0.05) is 33.6 Å². The molecule has 0 aliphatic rings. The number of hydrogen-bond acceptors (Lipinski definition) is 2. The zero-order valence-electron chi connectivity index (χ0n) is 6.62. The van der Waals surface area contributed by atoms with E-state index in [1.807, 2.05) is 6.92 Å². The van der Waals surface area contributed by atoms with Crippen molar-refractivity contribution in [3.05, 3.63) is 29.3 Å². The van der Waals surface area contributed by atoms with Crippen LogP contribution >= 0.6 is 15.9 Å². The van der Waals surface area contributed by atoms with Crippen molar-refractivity contribution in [2.75, 3.05) is 0 Å². The van der Waals surface area contributed by atoms with Crippen molar-refractivity contribution in [1.29, 1.82) is 0 Å². The molecule has 0 spiro atoms. The normalized spacial score (nSPS) is 12.5. The molecule has 1 unspecified atom stereocenters. The van der Waals surface area contributed by atoms with E-state index in [0.29, 0.717) is 5.56 Å². The minimum absolute atomic E-state index is 0.148. The van der Waals surface area contributed by atoms with Crippen LogP contribution in [0.5, 0.6) is 5.75 Å². The number of aldehydes is 1. The Bertz CT molecular complexity index is 297. The fourth-order valence-corrected chi connectivity index (χ4v) is 1.33. The number of aromatic hydroxyl groups is 1. The summed E-state index contributed by atoms with van der Waals surface area (Å²) in [5.74, 6) is 0.148. The number of phenolic OH excluding ortho intramolecular Hbond substituents is 1. The standard InChI is InChI=1S/C9H9BrO2/c1-6-2-3-9(12)7(4-6)8(10)5-11/h2-5,8,12H,1H3. The molecule has 1 aromatic rings. The molecule has 0 amide bonds. The Labute approximate surface area is 79.3 Å². The van der Waals surface area contributed by atoms with Crippen LogP contribution < -0.4 is 0 Å². The van der Waals surface area contributed by atoms with Gasteiger partial charge in [0.2, 0.25) is 0 Å². The van der Waals surface area contributed by atoms with Crippen LogP contribution in [0.2, 0.25) is 0 Å². The number of aryl methyl sites for hydroxylation is 1. The Balaban J connectivity index is 3.12. The molecular formula is C9H9BrO2. The topological polar surface area (TPSA) is 37.3 Å². The average molecular weight is 229 g/mol. The highest BCUT2D eigenvalue weighted by Gasteiger charge is 2.10. The van der Waals surface area contributed by atoms with Gasteiger partial charge in [0.1, 0.15) is 12.0 Å². The van der Waals surface area contributed by atoms with Crippen molar-refractivity contribution < 1.29 is 9.90 Å². The van der Waals surface area contributed by atoms with E-state index < -0.39 is 4.83 Å². The predicted octanol–water partition coefficient (Wildman–Crippen LogP) is 2.34. The van der Waals surface area contributed by atoms with E-state index in [0.717, 1.165) is 11.8 Å². The molecule has 0 heterocycles. The Morgan fingerprint density at radius 2 is 2.25 bits per heavy atom. The van der Waals surface area contributed by atoms with Crippen LogP contribution in [0.4, 0.5) is 0 Å². The summed E-state index contributed by atoms with van der Waals surface area (Å²) in [5, 5.41) is 9.35. The molecule has 1 rings (SSSR count). The van der Waals surface area contributed by atoms with E-state index in [1.165, 1.54) is 0 Å². The van der Waals surface area contributed by atoms with Gasteiger partial charge in [-0.05, 0) is 13.0 Å². The predicted molar refractivity (Wildman–Crippen MR) is 50.6 cm³/mol. The number of rotatable bonds is 2. The van der Waals surface area contributed by atoms with Crippen molar-refractivity contribution >= 4 is 22.2 Å². The van der Waals surface area contributed by atoms with Crippen LogP contribution in [-0.4, -0.2) is 11.4 Å². The highest BCUT2D eigenvalue weighted by atomic mass is 79.9. The van der Waals surface area contributed by atoms with Crippen LogP contribution in [0.25, 0.3) is 0 Å². The summed E-state index contributed by atoms with van der Waals surface area (Å²) in [5.41, 5.74) is 1.64. The van der Waals surface area contributed by atoms with Gasteiger partial charge in [0.25, 0.3) is 0 Å². The molecule has 64 valence electrons. The minimum atomic E-state index is -0.419. The van der Waals surface area contributed by atoms with Gasteiger partial charge in [-0.3, -0.25) is 0 Å². The second-order valence-electron chi connectivity index (χ2n) is 2.60. The zero-order valence-corrected chi connectivity index (χ0v) is 8.21. The number of carbonyl (C=O) groups excluding carboxylic acids is 1. The Morgan fingerprint density at radius 1 is 1.58 bits per heavy atom. The summed E-state index contributed by atoms with van der Waals surface area (Å²) in [4.78, 5) is 9.99. The van der Waals surface area contributed by atoms with Crippen molar-refractivity contribution in [1.82, 2.24) is 0 Å². The summed E-state index contributed by atoms with van der Waals surface area (Å²) in [6, 6.07) is 5.16. The van der Waals surface area contributed by atoms with Crippen molar-refractivity contribution in [2.45, 2.75) is 11.8 Å². The summed E-state index contributed by atoms with van der Waals surface area (Å²) < 4.78 is 0. The van der Waals surface area contributed by atoms with Crippen LogP contribution in [0.3, 0.4) is 0 Å². The average Bonchev–Trinajstić information content (AvgIpc) is 2.08. The van der Waals surface area contributed by atoms with Crippen molar-refractivity contribution in [3.63, 3.8) is 0 Å². The third-order valence-corrected chi connectivity index (χ3v) is 2.31. The molecule has 1 N–H and O–H groups in total. The number of phenols is 1. The summed E-state index contributed by atoms with van der Waals surface area (Å²) in [7, 11) is 0. The Morgan fingerprint density at radius 3 is 2.83 bits per heavy atom. The summed E-state index contributed by atoms with van der Waals surface area (Å²) in [6.07, 6.45) is 0.745. The monoisotopic (exact) mass is 228 g/mol. The van der Waals surface area contributed by atoms with Crippen molar-refractivity contribution in [3.8, 4) is 5.75 Å². The quantitative estimate of drug-likeness (QED) is 0.624. The maximum Gasteiger partial charge on any atom is 0.138 e. The number of halogens is 1. The zero-order chi connectivity index (χ0) is 9.14. The number of alkyl halides is 1. The highest BCUT2D eigenvalue weighted by Crippen LogP contribution is 2.29. The molecule has 0 saturated heterocycles. The first kappa shape index (κ1) is 9.26. The van der Waals surface area contributed by atoms with Gasteiger partial charge in [0.15, 0.2) is 0 Å². The number of benzene rings is 1. The molecule has 12 heavy (non-hydrogen) atoms. The van der Waals surface area contributed by atoms with E-state index in [4.69, 9.17) is 0 Å². The molecule has 2 nitrogen and oxygen atoms in total. The third-order valence-electron chi connectivity index (χ3n) is 1.60. The second kappa shape index (κ2) is 3.72. The van der Waals surface area contributed by atoms with Gasteiger partial charge >= 0.3 is 0 Å². The molecule has 0 aliphatic heterocycles. The van der Waals surface area contributed by atoms with Gasteiger partial charge in [0, 0.05) is 5.56 Å². The number of hydrogen-bond donors (Lipinski definition) is 1. The van der Waals surface area contributed by atoms with E-state index in [9.17, 15) is 9.90 Å². The molecule has 0 fully saturated rings. The maximum atomic E-state index is 10.4. The van der Waals surface area contributed by atoms with E-state index >= 15 is 0 Å². The fraction of sp³-hybridized carbons (Fsp3) is 0.222. The molecule has 0 saturated carbocycles. The SMILES string of the molecule is Cc1ccc(O)c(C(Br)C=O)c1. The molecule has 3 heteroatoms. The van der Waals surface area contributed by atoms with Crippen LogP contribution in [0.1, 0.15) is 16.0 Å². The molecule has 1 aromatic carbocycles. The first-order valence-electron chi connectivity index (χ1n) is 3.54. The van der Waals surface area contributed by atoms with Gasteiger partial charge < -0.3 is 9.90 Å². The van der Waals surface area contributed by atoms with Gasteiger partial charge in [-0.2, -0.15) is 0 Å². The molecule has 1 atom stereocenters. The van der Waals surface area contributed by atoms with E-state index in [-0.39, 0.29) is 5.75 Å². The Kier molecular flexibility index (Phi) is 2.87. The third kappa shape index (κ3) is 1.85. The molecule has 0 aromatic heterocycles. The fourth-order valence-electron chi connectivity index (χ4n) is 0.968. The second-order valence-corrected chi connectivity index (χ2v) is 3.59. The lowest BCUT2D eigenvalue weighted by Crippen LogP contribution is -1.91. The largest absolute Gasteiger partial charge is 0.508 e. The van der Waals surface area contributed by atoms with Crippen molar-refractivity contribution in [2.24, 2.45) is 0 Å². The van der Waals surface area contributed by atoms with Gasteiger partial charge in [-0.25, -0.2) is 0 Å². The summed E-state index contributed by atoms with van der Waals surface area (Å²) >= 11 is 3.14. The minimum Gasteiger partial charge on any atom is -0.508 e. The lowest BCUT2D eigenvalue weighted by molar-refractivity contribution is -0.107. The smallest absolute Gasteiger partial charge is 0.138 e. The van der Waals surface area contributed by atoms with Gasteiger partial charge in [0.05, 0.1) is 4.83 Å². The van der Waals surface area contributed by atoms with Crippen LogP contribution in [0.15, 0.2) is 18.2 Å². The maximum absolute atomic E-state index is 10.4. The van der Waals surface area contributed by atoms with Crippen LogP contribution in [-0.2, 0) is 4.79 Å². The summed E-state index contributed by atoms with van der Waals surface area (Å²) in [6.45, 7) is 1.91. The first-order valence-corrected chi connectivity index (χ1v) is 4.45. The first-order chi connectivity index (χ1) is 5.65. The highest BCUT2D eigenvalue weighted by molar-refractivity contribution is 9.09. The molecule has 0 radical (unpaired) electrons. The van der Waals surface area contributed by atoms with E-state index in [1.54, 1.807) is 18.2 Å². The lowest BCUT2D eigenvalue weighted by atomic mass is 10.1. The van der Waals surface area contributed by atoms with Gasteiger partial charge in [-0.15, -0.1) is 0 Å².